The van der Waals surface area contributed by atoms with Gasteiger partial charge in [-0.2, -0.15) is 0 Å². The van der Waals surface area contributed by atoms with Crippen LogP contribution in [0, 0.1) is 0 Å². The summed E-state index contributed by atoms with van der Waals surface area (Å²) in [6.07, 6.45) is 3.61. The van der Waals surface area contributed by atoms with Crippen LogP contribution in [-0.4, -0.2) is 41.1 Å². The predicted octanol–water partition coefficient (Wildman–Crippen LogP) is 3.71. The smallest absolute Gasteiger partial charge is 0.290 e. The first kappa shape index (κ1) is 20.7. The number of carbonyl (C=O) groups excluding carboxylic acids is 4. The molecular formula is C25H21N3O5. The molecule has 4 amide bonds. The Kier molecular flexibility index (Phi) is 5.26. The van der Waals surface area contributed by atoms with Crippen molar-refractivity contribution in [1.29, 1.82) is 0 Å². The van der Waals surface area contributed by atoms with Crippen LogP contribution in [0.2, 0.25) is 0 Å². The number of benzene rings is 2. The molecule has 33 heavy (non-hydrogen) atoms. The minimum atomic E-state index is -0.640. The van der Waals surface area contributed by atoms with Crippen LogP contribution in [0.1, 0.15) is 50.5 Å². The van der Waals surface area contributed by atoms with E-state index in [-0.39, 0.29) is 17.6 Å². The van der Waals surface area contributed by atoms with Crippen LogP contribution in [0.3, 0.4) is 0 Å². The van der Waals surface area contributed by atoms with E-state index in [9.17, 15) is 19.2 Å². The summed E-state index contributed by atoms with van der Waals surface area (Å²) in [5, 5.41) is 2.84. The molecule has 1 atom stereocenters. The van der Waals surface area contributed by atoms with Crippen molar-refractivity contribution in [1.82, 2.24) is 4.90 Å². The second kappa shape index (κ2) is 8.38. The number of likely N-dealkylation sites (tertiary alicyclic amines) is 1. The lowest BCUT2D eigenvalue weighted by atomic mass is 10.0. The van der Waals surface area contributed by atoms with Gasteiger partial charge in [0.05, 0.1) is 23.1 Å². The molecule has 8 heteroatoms. The number of furan rings is 1. The van der Waals surface area contributed by atoms with Crippen LogP contribution in [0.5, 0.6) is 0 Å². The molecule has 1 unspecified atom stereocenters. The third-order valence-electron chi connectivity index (χ3n) is 5.96. The Labute approximate surface area is 189 Å². The maximum Gasteiger partial charge on any atom is 0.290 e. The second-order valence-corrected chi connectivity index (χ2v) is 8.02. The van der Waals surface area contributed by atoms with Crippen LogP contribution in [0.25, 0.3) is 0 Å². The molecule has 2 aliphatic heterocycles. The molecule has 0 saturated carbocycles. The van der Waals surface area contributed by atoms with Gasteiger partial charge in [0, 0.05) is 12.2 Å². The molecule has 0 radical (unpaired) electrons. The van der Waals surface area contributed by atoms with E-state index in [0.29, 0.717) is 35.5 Å². The Bertz CT molecular complexity index is 1220. The number of piperidine rings is 1. The number of amides is 4. The molecule has 1 N–H and O–H groups in total. The van der Waals surface area contributed by atoms with Gasteiger partial charge in [0.2, 0.25) is 5.91 Å². The summed E-state index contributed by atoms with van der Waals surface area (Å²) in [7, 11) is 0. The van der Waals surface area contributed by atoms with Crippen molar-refractivity contribution in [3.8, 4) is 0 Å². The topological polar surface area (TPSA) is 99.9 Å². The van der Waals surface area contributed by atoms with Crippen molar-refractivity contribution in [3.63, 3.8) is 0 Å². The van der Waals surface area contributed by atoms with Crippen molar-refractivity contribution in [3.05, 3.63) is 83.8 Å². The second-order valence-electron chi connectivity index (χ2n) is 8.02. The van der Waals surface area contributed by atoms with E-state index >= 15 is 0 Å². The molecule has 1 aromatic heterocycles. The fraction of sp³-hybridized carbons (Fsp3) is 0.200. The molecule has 2 aromatic carbocycles. The van der Waals surface area contributed by atoms with Gasteiger partial charge >= 0.3 is 0 Å². The van der Waals surface area contributed by atoms with Crippen LogP contribution in [-0.2, 0) is 4.79 Å². The molecule has 0 spiro atoms. The molecule has 0 aliphatic carbocycles. The largest absolute Gasteiger partial charge is 0.459 e. The van der Waals surface area contributed by atoms with Gasteiger partial charge in [0.1, 0.15) is 6.04 Å². The number of hydrogen-bond donors (Lipinski definition) is 1. The molecule has 0 bridgehead atoms. The normalized spacial score (nSPS) is 17.8. The number of hydrogen-bond acceptors (Lipinski definition) is 5. The van der Waals surface area contributed by atoms with Gasteiger partial charge < -0.3 is 14.6 Å². The number of rotatable bonds is 4. The lowest BCUT2D eigenvalue weighted by Gasteiger charge is -2.34. The van der Waals surface area contributed by atoms with Crippen LogP contribution in [0.4, 0.5) is 11.4 Å². The van der Waals surface area contributed by atoms with Crippen molar-refractivity contribution in [2.45, 2.75) is 25.3 Å². The minimum Gasteiger partial charge on any atom is -0.459 e. The van der Waals surface area contributed by atoms with Gasteiger partial charge in [-0.05, 0) is 61.7 Å². The maximum absolute atomic E-state index is 13.1. The third-order valence-corrected chi connectivity index (χ3v) is 5.96. The molecule has 3 aromatic rings. The van der Waals surface area contributed by atoms with Crippen molar-refractivity contribution in [2.24, 2.45) is 0 Å². The number of nitrogens with one attached hydrogen (secondary N) is 1. The average molecular weight is 443 g/mol. The fourth-order valence-corrected chi connectivity index (χ4v) is 4.36. The highest BCUT2D eigenvalue weighted by atomic mass is 16.3. The average Bonchev–Trinajstić information content (AvgIpc) is 3.46. The zero-order valence-electron chi connectivity index (χ0n) is 17.7. The van der Waals surface area contributed by atoms with Crippen molar-refractivity contribution < 1.29 is 23.6 Å². The molecule has 1 saturated heterocycles. The fourth-order valence-electron chi connectivity index (χ4n) is 4.36. The van der Waals surface area contributed by atoms with E-state index in [2.05, 4.69) is 5.32 Å². The van der Waals surface area contributed by atoms with Crippen LogP contribution < -0.4 is 10.2 Å². The summed E-state index contributed by atoms with van der Waals surface area (Å²) in [5.41, 5.74) is 1.51. The molecule has 5 rings (SSSR count). The summed E-state index contributed by atoms with van der Waals surface area (Å²) in [6.45, 7) is 0.465. The quantitative estimate of drug-likeness (QED) is 0.620. The number of nitrogens with zero attached hydrogens (tertiary/aromatic N) is 2. The van der Waals surface area contributed by atoms with E-state index in [4.69, 9.17) is 4.42 Å². The lowest BCUT2D eigenvalue weighted by molar-refractivity contribution is -0.121. The van der Waals surface area contributed by atoms with Gasteiger partial charge in [0.15, 0.2) is 5.76 Å². The first-order chi connectivity index (χ1) is 16.0. The monoisotopic (exact) mass is 443 g/mol. The third kappa shape index (κ3) is 3.69. The number of imide groups is 1. The molecule has 8 nitrogen and oxygen atoms in total. The molecule has 1 fully saturated rings. The first-order valence-electron chi connectivity index (χ1n) is 10.8. The van der Waals surface area contributed by atoms with Gasteiger partial charge in [0.25, 0.3) is 17.7 Å². The van der Waals surface area contributed by atoms with Gasteiger partial charge in [-0.15, -0.1) is 0 Å². The van der Waals surface area contributed by atoms with Crippen LogP contribution >= 0.6 is 0 Å². The van der Waals surface area contributed by atoms with Gasteiger partial charge in [-0.3, -0.25) is 19.2 Å². The number of anilines is 2. The maximum atomic E-state index is 13.1. The Hall–Kier alpha value is -4.20. The van der Waals surface area contributed by atoms with E-state index in [1.807, 2.05) is 0 Å². The standard InChI is InChI=1S/C25H21N3O5/c29-22(20-11-3-4-13-27(20)25(32)21-12-6-14-33-21)26-16-7-5-8-17(15-16)28-23(30)18-9-1-2-10-19(18)24(28)31/h1-2,5-10,12,14-15,20H,3-4,11,13H2,(H,26,29). The zero-order valence-corrected chi connectivity index (χ0v) is 17.7. The van der Waals surface area contributed by atoms with Gasteiger partial charge in [-0.25, -0.2) is 4.90 Å². The van der Waals surface area contributed by atoms with Gasteiger partial charge in [-0.1, -0.05) is 18.2 Å². The molecular weight excluding hydrogens is 422 g/mol. The summed E-state index contributed by atoms with van der Waals surface area (Å²) in [6, 6.07) is 15.8. The summed E-state index contributed by atoms with van der Waals surface area (Å²) >= 11 is 0. The summed E-state index contributed by atoms with van der Waals surface area (Å²) in [4.78, 5) is 54.1. The Morgan fingerprint density at radius 3 is 2.36 bits per heavy atom. The van der Waals surface area contributed by atoms with E-state index in [1.165, 1.54) is 11.2 Å². The van der Waals surface area contributed by atoms with E-state index in [1.54, 1.807) is 60.7 Å². The Morgan fingerprint density at radius 2 is 1.67 bits per heavy atom. The predicted molar refractivity (Wildman–Crippen MR) is 120 cm³/mol. The molecule has 3 heterocycles. The molecule has 166 valence electrons. The molecule has 2 aliphatic rings. The minimum absolute atomic E-state index is 0.197. The Morgan fingerprint density at radius 1 is 0.909 bits per heavy atom. The lowest BCUT2D eigenvalue weighted by Crippen LogP contribution is -2.49. The number of fused-ring (bicyclic) bond motifs is 1. The van der Waals surface area contributed by atoms with Crippen LogP contribution in [0.15, 0.2) is 71.3 Å². The highest BCUT2D eigenvalue weighted by molar-refractivity contribution is 6.34. The van der Waals surface area contributed by atoms with Crippen molar-refractivity contribution in [2.75, 3.05) is 16.8 Å². The van der Waals surface area contributed by atoms with Crippen molar-refractivity contribution >= 4 is 35.0 Å². The van der Waals surface area contributed by atoms with E-state index in [0.717, 1.165) is 17.7 Å². The zero-order chi connectivity index (χ0) is 22.9. The number of carbonyl (C=O) groups is 4. The Balaban J connectivity index is 1.35. The SMILES string of the molecule is O=C(Nc1cccc(N2C(=O)c3ccccc3C2=O)c1)C1CCCCN1C(=O)c1ccco1. The summed E-state index contributed by atoms with van der Waals surface area (Å²) in [5.74, 6) is -1.25. The first-order valence-corrected chi connectivity index (χ1v) is 10.8. The highest BCUT2D eigenvalue weighted by Gasteiger charge is 2.37. The summed E-state index contributed by atoms with van der Waals surface area (Å²) < 4.78 is 5.22. The van der Waals surface area contributed by atoms with E-state index < -0.39 is 17.9 Å². The highest BCUT2D eigenvalue weighted by Crippen LogP contribution is 2.30.